The van der Waals surface area contributed by atoms with E-state index in [4.69, 9.17) is 0 Å². The molecule has 2 nitrogen and oxygen atoms in total. The quantitative estimate of drug-likeness (QED) is 0.386. The Morgan fingerprint density at radius 1 is 0.788 bits per heavy atom. The molecule has 0 bridgehead atoms. The van der Waals surface area contributed by atoms with Gasteiger partial charge in [0, 0.05) is 40.9 Å². The van der Waals surface area contributed by atoms with Gasteiger partial charge in [0.05, 0.1) is 10.8 Å². The Bertz CT molecular complexity index is 1120. The van der Waals surface area contributed by atoms with E-state index in [1.165, 1.54) is 12.1 Å². The summed E-state index contributed by atoms with van der Waals surface area (Å²) in [7, 11) is 0. The van der Waals surface area contributed by atoms with Gasteiger partial charge in [-0.3, -0.25) is 0 Å². The van der Waals surface area contributed by atoms with E-state index in [1.807, 2.05) is 18.4 Å². The van der Waals surface area contributed by atoms with Crippen LogP contribution in [0, 0.1) is 0 Å². The molecule has 1 N–H and O–H groups in total. The topological polar surface area (TPSA) is 17.0 Å². The van der Waals surface area contributed by atoms with E-state index in [-0.39, 0.29) is 42.9 Å². The number of rotatable bonds is 6. The Hall–Kier alpha value is -2.22. The Balaban J connectivity index is 1.68. The lowest BCUT2D eigenvalue weighted by Gasteiger charge is -2.20. The average molecular weight is 468 g/mol. The van der Waals surface area contributed by atoms with E-state index >= 15 is 0 Å². The van der Waals surface area contributed by atoms with Crippen molar-refractivity contribution in [2.24, 2.45) is 0 Å². The van der Waals surface area contributed by atoms with Crippen molar-refractivity contribution in [1.29, 1.82) is 0 Å². The SMILES string of the molecule is CC(C)NCCn1c2ccc(C3(C(F)(F)F)CC3)cc2c2cc(C3(C(F)(F)F)CC3)ccc21. The molecule has 2 aliphatic carbocycles. The molecular weight excluding hydrogens is 442 g/mol. The highest BCUT2D eigenvalue weighted by Crippen LogP contribution is 2.60. The minimum Gasteiger partial charge on any atom is -0.339 e. The van der Waals surface area contributed by atoms with Gasteiger partial charge in [-0.05, 0) is 61.1 Å². The molecular formula is C25H26F6N2. The van der Waals surface area contributed by atoms with E-state index in [0.717, 1.165) is 11.0 Å². The molecule has 0 saturated heterocycles. The fraction of sp³-hybridized carbons (Fsp3) is 0.520. The van der Waals surface area contributed by atoms with Gasteiger partial charge < -0.3 is 9.88 Å². The minimum atomic E-state index is -4.35. The first kappa shape index (κ1) is 22.6. The number of benzene rings is 2. The van der Waals surface area contributed by atoms with E-state index in [9.17, 15) is 26.3 Å². The number of nitrogens with zero attached hydrogens (tertiary/aromatic N) is 1. The second-order valence-corrected chi connectivity index (χ2v) is 9.88. The van der Waals surface area contributed by atoms with Gasteiger partial charge in [-0.2, -0.15) is 26.3 Å². The fourth-order valence-corrected chi connectivity index (χ4v) is 5.13. The zero-order valence-corrected chi connectivity index (χ0v) is 18.5. The van der Waals surface area contributed by atoms with E-state index in [0.29, 0.717) is 23.9 Å². The van der Waals surface area contributed by atoms with Gasteiger partial charge in [0.15, 0.2) is 0 Å². The van der Waals surface area contributed by atoms with Crippen molar-refractivity contribution < 1.29 is 26.3 Å². The Morgan fingerprint density at radius 3 is 1.55 bits per heavy atom. The Morgan fingerprint density at radius 2 is 1.21 bits per heavy atom. The third-order valence-corrected chi connectivity index (χ3v) is 7.44. The second kappa shape index (κ2) is 7.14. The predicted molar refractivity (Wildman–Crippen MR) is 117 cm³/mol. The summed E-state index contributed by atoms with van der Waals surface area (Å²) < 4.78 is 84.6. The Labute approximate surface area is 187 Å². The number of fused-ring (bicyclic) bond motifs is 3. The summed E-state index contributed by atoms with van der Waals surface area (Å²) in [6.07, 6.45) is -8.52. The van der Waals surface area contributed by atoms with E-state index in [1.54, 1.807) is 24.3 Å². The lowest BCUT2D eigenvalue weighted by Crippen LogP contribution is -2.28. The normalized spacial score (nSPS) is 19.5. The van der Waals surface area contributed by atoms with Gasteiger partial charge >= 0.3 is 12.4 Å². The number of hydrogen-bond donors (Lipinski definition) is 1. The van der Waals surface area contributed by atoms with Crippen LogP contribution in [0.4, 0.5) is 26.3 Å². The van der Waals surface area contributed by atoms with Crippen molar-refractivity contribution in [2.45, 2.75) is 75.3 Å². The third-order valence-electron chi connectivity index (χ3n) is 7.44. The number of halogens is 6. The van der Waals surface area contributed by atoms with Crippen molar-refractivity contribution >= 4 is 21.8 Å². The summed E-state index contributed by atoms with van der Waals surface area (Å²) in [5.41, 5.74) is -1.79. The summed E-state index contributed by atoms with van der Waals surface area (Å²) >= 11 is 0. The van der Waals surface area contributed by atoms with Crippen LogP contribution >= 0.6 is 0 Å². The summed E-state index contributed by atoms with van der Waals surface area (Å²) in [4.78, 5) is 0. The highest BCUT2D eigenvalue weighted by Gasteiger charge is 2.65. The van der Waals surface area contributed by atoms with Crippen molar-refractivity contribution in [1.82, 2.24) is 9.88 Å². The van der Waals surface area contributed by atoms with Crippen molar-refractivity contribution in [3.05, 3.63) is 47.5 Å². The summed E-state index contributed by atoms with van der Waals surface area (Å²) in [6.45, 7) is 5.23. The predicted octanol–water partition coefficient (Wildman–Crippen LogP) is 6.98. The zero-order valence-electron chi connectivity index (χ0n) is 18.5. The van der Waals surface area contributed by atoms with Crippen LogP contribution in [0.25, 0.3) is 21.8 Å². The molecule has 1 heterocycles. The maximum absolute atomic E-state index is 13.8. The number of hydrogen-bond acceptors (Lipinski definition) is 1. The van der Waals surface area contributed by atoms with Crippen LogP contribution in [-0.4, -0.2) is 29.5 Å². The molecule has 0 unspecified atom stereocenters. The van der Waals surface area contributed by atoms with Crippen molar-refractivity contribution in [2.75, 3.05) is 6.54 Å². The molecule has 2 fully saturated rings. The van der Waals surface area contributed by atoms with Crippen LogP contribution in [0.1, 0.15) is 50.7 Å². The first-order valence-corrected chi connectivity index (χ1v) is 11.3. The monoisotopic (exact) mass is 468 g/mol. The lowest BCUT2D eigenvalue weighted by molar-refractivity contribution is -0.161. The van der Waals surface area contributed by atoms with Crippen LogP contribution in [-0.2, 0) is 17.4 Å². The van der Waals surface area contributed by atoms with Gasteiger partial charge in [0.25, 0.3) is 0 Å². The third kappa shape index (κ3) is 3.44. The molecule has 178 valence electrons. The molecule has 2 aromatic carbocycles. The van der Waals surface area contributed by atoms with Gasteiger partial charge in [-0.25, -0.2) is 0 Å². The molecule has 0 amide bonds. The first-order valence-electron chi connectivity index (χ1n) is 11.3. The zero-order chi connectivity index (χ0) is 23.8. The maximum atomic E-state index is 13.8. The summed E-state index contributed by atoms with van der Waals surface area (Å²) in [5, 5.41) is 4.50. The molecule has 0 radical (unpaired) electrons. The summed E-state index contributed by atoms with van der Waals surface area (Å²) in [6, 6.07) is 9.84. The molecule has 2 aliphatic rings. The van der Waals surface area contributed by atoms with Crippen LogP contribution in [0.3, 0.4) is 0 Å². The molecule has 8 heteroatoms. The molecule has 0 aliphatic heterocycles. The largest absolute Gasteiger partial charge is 0.398 e. The second-order valence-electron chi connectivity index (χ2n) is 9.88. The van der Waals surface area contributed by atoms with Crippen molar-refractivity contribution in [3.8, 4) is 0 Å². The lowest BCUT2D eigenvalue weighted by atomic mass is 9.92. The van der Waals surface area contributed by atoms with Crippen molar-refractivity contribution in [3.63, 3.8) is 0 Å². The van der Waals surface area contributed by atoms with Crippen LogP contribution < -0.4 is 5.32 Å². The smallest absolute Gasteiger partial charge is 0.339 e. The van der Waals surface area contributed by atoms with E-state index < -0.39 is 23.2 Å². The number of aromatic nitrogens is 1. The fourth-order valence-electron chi connectivity index (χ4n) is 5.13. The molecule has 1 aromatic heterocycles. The highest BCUT2D eigenvalue weighted by molar-refractivity contribution is 6.08. The average Bonchev–Trinajstić information content (AvgIpc) is 3.63. The van der Waals surface area contributed by atoms with Gasteiger partial charge in [-0.15, -0.1) is 0 Å². The van der Waals surface area contributed by atoms with Crippen LogP contribution in [0.5, 0.6) is 0 Å². The van der Waals surface area contributed by atoms with E-state index in [2.05, 4.69) is 5.32 Å². The van der Waals surface area contributed by atoms with Gasteiger partial charge in [0.2, 0.25) is 0 Å². The van der Waals surface area contributed by atoms with Crippen LogP contribution in [0.2, 0.25) is 0 Å². The maximum Gasteiger partial charge on any atom is 0.398 e. The first-order chi connectivity index (χ1) is 15.4. The van der Waals surface area contributed by atoms with Gasteiger partial charge in [-0.1, -0.05) is 26.0 Å². The molecule has 0 spiro atoms. The highest BCUT2D eigenvalue weighted by atomic mass is 19.4. The summed E-state index contributed by atoms with van der Waals surface area (Å²) in [5.74, 6) is 0. The molecule has 33 heavy (non-hydrogen) atoms. The number of alkyl halides is 6. The Kier molecular flexibility index (Phi) is 4.88. The van der Waals surface area contributed by atoms with Gasteiger partial charge in [0.1, 0.15) is 0 Å². The number of nitrogens with one attached hydrogen (secondary N) is 1. The van der Waals surface area contributed by atoms with Crippen LogP contribution in [0.15, 0.2) is 36.4 Å². The minimum absolute atomic E-state index is 0.0430. The molecule has 0 atom stereocenters. The molecule has 2 saturated carbocycles. The standard InChI is InChI=1S/C25H26F6N2/c1-15(2)32-11-12-33-20-5-3-16(22(7-8-22)24(26,27)28)13-18(20)19-14-17(4-6-21(19)33)23(9-10-23)25(29,30)31/h3-6,13-15,32H,7-12H2,1-2H3. The molecule has 3 aromatic rings. The molecule has 5 rings (SSSR count).